The summed E-state index contributed by atoms with van der Waals surface area (Å²) in [6.07, 6.45) is 1.42. The fourth-order valence-corrected chi connectivity index (χ4v) is 2.88. The quantitative estimate of drug-likeness (QED) is 0.577. The molecule has 0 fully saturated rings. The largest absolute Gasteiger partial charge is 0.493 e. The number of anilines is 1. The van der Waals surface area contributed by atoms with Crippen LogP contribution in [0, 0.1) is 13.8 Å². The number of methoxy groups -OCH3 is 2. The van der Waals surface area contributed by atoms with Crippen LogP contribution in [0.1, 0.15) is 37.6 Å². The Morgan fingerprint density at radius 2 is 1.70 bits per heavy atom. The molecular formula is C23H23NO6. The zero-order valence-electron chi connectivity index (χ0n) is 17.3. The van der Waals surface area contributed by atoms with E-state index in [4.69, 9.17) is 18.6 Å². The van der Waals surface area contributed by atoms with Crippen molar-refractivity contribution in [1.29, 1.82) is 0 Å². The molecule has 0 radical (unpaired) electrons. The predicted molar refractivity (Wildman–Crippen MR) is 111 cm³/mol. The summed E-state index contributed by atoms with van der Waals surface area (Å²) < 4.78 is 21.2. The van der Waals surface area contributed by atoms with E-state index in [0.717, 1.165) is 16.7 Å². The SMILES string of the molecule is COc1cc(C)c(COC(=O)c2ccc(C)c(NC(=O)c3ccco3)c2)cc1OC. The number of hydrogen-bond acceptors (Lipinski definition) is 6. The molecule has 0 aliphatic rings. The normalized spacial score (nSPS) is 10.4. The number of hydrogen-bond donors (Lipinski definition) is 1. The molecule has 0 unspecified atom stereocenters. The lowest BCUT2D eigenvalue weighted by molar-refractivity contribution is 0.0471. The summed E-state index contributed by atoms with van der Waals surface area (Å²) in [5.41, 5.74) is 3.36. The maximum Gasteiger partial charge on any atom is 0.338 e. The van der Waals surface area contributed by atoms with E-state index in [1.54, 1.807) is 50.6 Å². The summed E-state index contributed by atoms with van der Waals surface area (Å²) in [4.78, 5) is 24.8. The summed E-state index contributed by atoms with van der Waals surface area (Å²) in [7, 11) is 3.12. The molecule has 1 N–H and O–H groups in total. The van der Waals surface area contributed by atoms with Crippen LogP contribution in [-0.4, -0.2) is 26.1 Å². The van der Waals surface area contributed by atoms with Gasteiger partial charge in [0.2, 0.25) is 0 Å². The number of nitrogens with one attached hydrogen (secondary N) is 1. The molecule has 7 heteroatoms. The minimum absolute atomic E-state index is 0.0764. The number of ether oxygens (including phenoxy) is 3. The van der Waals surface area contributed by atoms with E-state index in [-0.39, 0.29) is 12.4 Å². The lowest BCUT2D eigenvalue weighted by atomic mass is 10.1. The Morgan fingerprint density at radius 3 is 2.37 bits per heavy atom. The highest BCUT2D eigenvalue weighted by molar-refractivity contribution is 6.03. The van der Waals surface area contributed by atoms with Gasteiger partial charge in [0.25, 0.3) is 5.91 Å². The van der Waals surface area contributed by atoms with Gasteiger partial charge in [-0.25, -0.2) is 4.79 Å². The highest BCUT2D eigenvalue weighted by atomic mass is 16.5. The van der Waals surface area contributed by atoms with Gasteiger partial charge in [-0.2, -0.15) is 0 Å². The summed E-state index contributed by atoms with van der Waals surface area (Å²) in [5.74, 6) is 0.464. The van der Waals surface area contributed by atoms with Crippen LogP contribution in [0.5, 0.6) is 11.5 Å². The minimum Gasteiger partial charge on any atom is -0.493 e. The molecule has 1 amide bonds. The molecule has 3 aromatic rings. The molecule has 0 saturated heterocycles. The lowest BCUT2D eigenvalue weighted by Gasteiger charge is -2.13. The zero-order chi connectivity index (χ0) is 21.7. The van der Waals surface area contributed by atoms with Crippen molar-refractivity contribution in [3.63, 3.8) is 0 Å². The van der Waals surface area contributed by atoms with Crippen LogP contribution in [0.15, 0.2) is 53.1 Å². The number of rotatable bonds is 7. The van der Waals surface area contributed by atoms with Crippen molar-refractivity contribution in [1.82, 2.24) is 0 Å². The maximum atomic E-state index is 12.6. The highest BCUT2D eigenvalue weighted by Crippen LogP contribution is 2.30. The van der Waals surface area contributed by atoms with Crippen LogP contribution in [-0.2, 0) is 11.3 Å². The van der Waals surface area contributed by atoms with Crippen molar-refractivity contribution >= 4 is 17.6 Å². The summed E-state index contributed by atoms with van der Waals surface area (Å²) in [6, 6.07) is 11.8. The van der Waals surface area contributed by atoms with Crippen molar-refractivity contribution in [2.75, 3.05) is 19.5 Å². The van der Waals surface area contributed by atoms with Crippen LogP contribution in [0.4, 0.5) is 5.69 Å². The molecule has 0 saturated carbocycles. The summed E-state index contributed by atoms with van der Waals surface area (Å²) in [6.45, 7) is 3.81. The average molecular weight is 409 g/mol. The Hall–Kier alpha value is -3.74. The first kappa shape index (κ1) is 21.0. The van der Waals surface area contributed by atoms with Gasteiger partial charge in [0.15, 0.2) is 17.3 Å². The first-order valence-electron chi connectivity index (χ1n) is 9.27. The van der Waals surface area contributed by atoms with E-state index in [9.17, 15) is 9.59 Å². The van der Waals surface area contributed by atoms with Gasteiger partial charge in [0.05, 0.1) is 26.0 Å². The van der Waals surface area contributed by atoms with Crippen molar-refractivity contribution in [3.8, 4) is 11.5 Å². The first-order valence-corrected chi connectivity index (χ1v) is 9.27. The number of amides is 1. The van der Waals surface area contributed by atoms with Crippen LogP contribution in [0.3, 0.4) is 0 Å². The van der Waals surface area contributed by atoms with E-state index in [2.05, 4.69) is 5.32 Å². The van der Waals surface area contributed by atoms with Gasteiger partial charge in [-0.05, 0) is 66.9 Å². The Morgan fingerprint density at radius 1 is 0.967 bits per heavy atom. The minimum atomic E-state index is -0.502. The third-order valence-corrected chi connectivity index (χ3v) is 4.67. The van der Waals surface area contributed by atoms with Gasteiger partial charge in [0.1, 0.15) is 6.61 Å². The Bertz CT molecular complexity index is 1060. The Labute approximate surface area is 174 Å². The molecule has 0 aliphatic carbocycles. The Kier molecular flexibility index (Phi) is 6.41. The maximum absolute atomic E-state index is 12.6. The summed E-state index contributed by atoms with van der Waals surface area (Å²) in [5, 5.41) is 2.75. The Balaban J connectivity index is 1.72. The van der Waals surface area contributed by atoms with Gasteiger partial charge >= 0.3 is 5.97 Å². The van der Waals surface area contributed by atoms with E-state index in [1.165, 1.54) is 6.26 Å². The van der Waals surface area contributed by atoms with Gasteiger partial charge in [0, 0.05) is 5.69 Å². The van der Waals surface area contributed by atoms with Crippen LogP contribution >= 0.6 is 0 Å². The van der Waals surface area contributed by atoms with Crippen molar-refractivity contribution < 1.29 is 28.2 Å². The molecule has 0 atom stereocenters. The number of carbonyl (C=O) groups is 2. The third kappa shape index (κ3) is 4.63. The lowest BCUT2D eigenvalue weighted by Crippen LogP contribution is -2.13. The highest BCUT2D eigenvalue weighted by Gasteiger charge is 2.15. The molecular weight excluding hydrogens is 386 g/mol. The second-order valence-corrected chi connectivity index (χ2v) is 6.67. The molecule has 30 heavy (non-hydrogen) atoms. The van der Waals surface area contributed by atoms with Crippen LogP contribution < -0.4 is 14.8 Å². The monoisotopic (exact) mass is 409 g/mol. The molecule has 0 bridgehead atoms. The van der Waals surface area contributed by atoms with Crippen molar-refractivity contribution in [2.45, 2.75) is 20.5 Å². The smallest absolute Gasteiger partial charge is 0.338 e. The van der Waals surface area contributed by atoms with E-state index >= 15 is 0 Å². The van der Waals surface area contributed by atoms with Crippen LogP contribution in [0.25, 0.3) is 0 Å². The fraction of sp³-hybridized carbons (Fsp3) is 0.217. The number of esters is 1. The number of furan rings is 1. The zero-order valence-corrected chi connectivity index (χ0v) is 17.3. The molecule has 7 nitrogen and oxygen atoms in total. The molecule has 1 heterocycles. The first-order chi connectivity index (χ1) is 14.4. The number of aryl methyl sites for hydroxylation is 2. The van der Waals surface area contributed by atoms with Gasteiger partial charge in [-0.1, -0.05) is 6.07 Å². The van der Waals surface area contributed by atoms with Crippen LogP contribution in [0.2, 0.25) is 0 Å². The van der Waals surface area contributed by atoms with Gasteiger partial charge < -0.3 is 23.9 Å². The second kappa shape index (κ2) is 9.17. The van der Waals surface area contributed by atoms with Gasteiger partial charge in [-0.15, -0.1) is 0 Å². The standard InChI is InChI=1S/C23H23NO6/c1-14-7-8-16(11-18(14)24-22(25)19-6-5-9-29-19)23(26)30-13-17-12-21(28-4)20(27-3)10-15(17)2/h5-12H,13H2,1-4H3,(H,24,25). The van der Waals surface area contributed by atoms with Crippen molar-refractivity contribution in [2.24, 2.45) is 0 Å². The molecule has 0 aliphatic heterocycles. The molecule has 0 spiro atoms. The number of benzene rings is 2. The van der Waals surface area contributed by atoms with E-state index < -0.39 is 11.9 Å². The summed E-state index contributed by atoms with van der Waals surface area (Å²) >= 11 is 0. The van der Waals surface area contributed by atoms with E-state index in [0.29, 0.717) is 22.7 Å². The molecule has 156 valence electrons. The average Bonchev–Trinajstić information content (AvgIpc) is 3.29. The topological polar surface area (TPSA) is 87.0 Å². The fourth-order valence-electron chi connectivity index (χ4n) is 2.88. The van der Waals surface area contributed by atoms with Crippen molar-refractivity contribution in [3.05, 3.63) is 76.7 Å². The molecule has 2 aromatic carbocycles. The number of carbonyl (C=O) groups excluding carboxylic acids is 2. The second-order valence-electron chi connectivity index (χ2n) is 6.67. The van der Waals surface area contributed by atoms with E-state index in [1.807, 2.05) is 19.9 Å². The predicted octanol–water partition coefficient (Wildman–Crippen LogP) is 4.52. The third-order valence-electron chi connectivity index (χ3n) is 4.67. The molecule has 1 aromatic heterocycles. The van der Waals surface area contributed by atoms with Gasteiger partial charge in [-0.3, -0.25) is 4.79 Å². The molecule has 3 rings (SSSR count).